The summed E-state index contributed by atoms with van der Waals surface area (Å²) in [5.41, 5.74) is 6.56. The molecule has 3 aromatic heterocycles. The number of fused-ring (bicyclic) bond motifs is 3. The van der Waals surface area contributed by atoms with Crippen LogP contribution in [-0.4, -0.2) is 44.3 Å². The number of hydrogen-bond donors (Lipinski definition) is 1. The Morgan fingerprint density at radius 1 is 1.09 bits per heavy atom. The molecule has 1 amide bonds. The quantitative estimate of drug-likeness (QED) is 0.475. The predicted octanol–water partition coefficient (Wildman–Crippen LogP) is 2.94. The summed E-state index contributed by atoms with van der Waals surface area (Å²) in [5, 5.41) is 7.40. The zero-order valence-corrected chi connectivity index (χ0v) is 18.4. The number of aromatic nitrogens is 5. The maximum absolute atomic E-state index is 12.9. The maximum atomic E-state index is 12.9. The number of rotatable bonds is 7. The van der Waals surface area contributed by atoms with Gasteiger partial charge in [0.05, 0.1) is 29.8 Å². The number of amides is 1. The molecule has 3 heterocycles. The van der Waals surface area contributed by atoms with Crippen LogP contribution in [0.3, 0.4) is 0 Å². The second kappa shape index (κ2) is 9.30. The Labute approximate surface area is 191 Å². The number of carbonyl (C=O) groups excluding carboxylic acids is 1. The third-order valence-corrected chi connectivity index (χ3v) is 5.79. The third-order valence-electron chi connectivity index (χ3n) is 5.79. The monoisotopic (exact) mass is 440 g/mol. The van der Waals surface area contributed by atoms with E-state index in [1.54, 1.807) is 30.4 Å². The molecule has 4 aromatic rings. The Morgan fingerprint density at radius 2 is 1.97 bits per heavy atom. The minimum atomic E-state index is -0.208. The second-order valence-electron chi connectivity index (χ2n) is 7.92. The molecule has 0 atom stereocenters. The lowest BCUT2D eigenvalue weighted by atomic mass is 9.90. The Kier molecular flexibility index (Phi) is 5.91. The van der Waals surface area contributed by atoms with Crippen molar-refractivity contribution >= 4 is 5.91 Å². The van der Waals surface area contributed by atoms with Gasteiger partial charge in [0.25, 0.3) is 11.9 Å². The summed E-state index contributed by atoms with van der Waals surface area (Å²) in [4.78, 5) is 26.4. The highest BCUT2D eigenvalue weighted by atomic mass is 16.5. The normalized spacial score (nSPS) is 12.2. The summed E-state index contributed by atoms with van der Waals surface area (Å²) in [6, 6.07) is 12.2. The lowest BCUT2D eigenvalue weighted by molar-refractivity contribution is 0.0948. The van der Waals surface area contributed by atoms with Gasteiger partial charge in [-0.15, -0.1) is 0 Å². The zero-order valence-electron chi connectivity index (χ0n) is 18.4. The first-order chi connectivity index (χ1) is 16.2. The van der Waals surface area contributed by atoms with Crippen LogP contribution in [-0.2, 0) is 30.6 Å². The van der Waals surface area contributed by atoms with Gasteiger partial charge in [-0.25, -0.2) is 9.97 Å². The van der Waals surface area contributed by atoms with Crippen LogP contribution >= 0.6 is 0 Å². The van der Waals surface area contributed by atoms with E-state index in [9.17, 15) is 4.79 Å². The van der Waals surface area contributed by atoms with E-state index in [0.717, 1.165) is 35.2 Å². The van der Waals surface area contributed by atoms with Gasteiger partial charge in [0.15, 0.2) is 0 Å². The fourth-order valence-corrected chi connectivity index (χ4v) is 4.13. The number of carbonyl (C=O) groups is 1. The number of pyridine rings is 1. The molecule has 33 heavy (non-hydrogen) atoms. The summed E-state index contributed by atoms with van der Waals surface area (Å²) in [6.45, 7) is 0.705. The van der Waals surface area contributed by atoms with E-state index in [1.165, 1.54) is 5.56 Å². The van der Waals surface area contributed by atoms with Crippen molar-refractivity contribution in [2.75, 3.05) is 13.7 Å². The number of ether oxygens (including phenoxy) is 1. The minimum Gasteiger partial charge on any atom is -0.378 e. The van der Waals surface area contributed by atoms with E-state index in [0.29, 0.717) is 30.2 Å². The fraction of sp³-hybridized carbons (Fsp3) is 0.240. The van der Waals surface area contributed by atoms with Gasteiger partial charge in [-0.2, -0.15) is 9.78 Å². The molecule has 0 radical (unpaired) electrons. The van der Waals surface area contributed by atoms with Crippen molar-refractivity contribution in [1.82, 2.24) is 30.0 Å². The molecule has 0 aliphatic heterocycles. The number of aryl methyl sites for hydroxylation is 2. The van der Waals surface area contributed by atoms with Crippen molar-refractivity contribution in [3.05, 3.63) is 89.1 Å². The van der Waals surface area contributed by atoms with Crippen LogP contribution < -0.4 is 5.32 Å². The number of methoxy groups -OCH3 is 1. The Bertz CT molecular complexity index is 1290. The van der Waals surface area contributed by atoms with E-state index >= 15 is 0 Å². The van der Waals surface area contributed by atoms with Crippen molar-refractivity contribution in [2.45, 2.75) is 25.9 Å². The lowest BCUT2D eigenvalue weighted by Gasteiger charge is -2.19. The zero-order chi connectivity index (χ0) is 22.6. The molecule has 1 aromatic carbocycles. The van der Waals surface area contributed by atoms with Gasteiger partial charge >= 0.3 is 0 Å². The number of hydrogen-bond acceptors (Lipinski definition) is 6. The molecule has 1 aliphatic rings. The van der Waals surface area contributed by atoms with Crippen LogP contribution in [0.15, 0.2) is 61.2 Å². The molecule has 8 nitrogen and oxygen atoms in total. The van der Waals surface area contributed by atoms with E-state index in [-0.39, 0.29) is 12.5 Å². The Hall–Kier alpha value is -3.91. The van der Waals surface area contributed by atoms with Gasteiger partial charge in [0.1, 0.15) is 0 Å². The van der Waals surface area contributed by atoms with Crippen LogP contribution in [0, 0.1) is 0 Å². The highest BCUT2D eigenvalue weighted by Crippen LogP contribution is 2.31. The molecule has 1 N–H and O–H groups in total. The average Bonchev–Trinajstić information content (AvgIpc) is 3.28. The highest BCUT2D eigenvalue weighted by molar-refractivity contribution is 5.95. The van der Waals surface area contributed by atoms with Crippen molar-refractivity contribution in [3.63, 3.8) is 0 Å². The molecular formula is C25H24N6O2. The molecule has 8 heteroatoms. The summed E-state index contributed by atoms with van der Waals surface area (Å²) < 4.78 is 6.97. The van der Waals surface area contributed by atoms with Gasteiger partial charge in [-0.3, -0.25) is 9.78 Å². The molecule has 0 unspecified atom stereocenters. The highest BCUT2D eigenvalue weighted by Gasteiger charge is 2.22. The van der Waals surface area contributed by atoms with Gasteiger partial charge in [0.2, 0.25) is 0 Å². The standard InChI is InChI=1S/C25H24N6O2/c1-33-16-22-21(24(32)27-12-10-17-5-4-11-26-13-17)15-29-31(22)25-28-14-19-9-8-18-6-2-3-7-20(18)23(19)30-25/h2-7,11,13-15H,8-10,12,16H2,1H3,(H,27,32). The van der Waals surface area contributed by atoms with Crippen LogP contribution in [0.25, 0.3) is 17.2 Å². The number of benzene rings is 1. The van der Waals surface area contributed by atoms with Crippen LogP contribution in [0.4, 0.5) is 0 Å². The van der Waals surface area contributed by atoms with Crippen LogP contribution in [0.1, 0.15) is 32.7 Å². The molecule has 0 saturated carbocycles. The molecule has 5 rings (SSSR count). The summed E-state index contributed by atoms with van der Waals surface area (Å²) in [7, 11) is 1.59. The molecule has 1 aliphatic carbocycles. The minimum absolute atomic E-state index is 0.208. The molecule has 0 bridgehead atoms. The van der Waals surface area contributed by atoms with Gasteiger partial charge in [-0.1, -0.05) is 30.3 Å². The first-order valence-corrected chi connectivity index (χ1v) is 10.9. The SMILES string of the molecule is COCc1c(C(=O)NCCc2cccnc2)cnn1-c1ncc2c(n1)-c1ccccc1CC2. The van der Waals surface area contributed by atoms with Crippen molar-refractivity contribution < 1.29 is 9.53 Å². The lowest BCUT2D eigenvalue weighted by Crippen LogP contribution is -2.26. The maximum Gasteiger partial charge on any atom is 0.254 e. The van der Waals surface area contributed by atoms with Crippen molar-refractivity contribution in [1.29, 1.82) is 0 Å². The Morgan fingerprint density at radius 3 is 2.82 bits per heavy atom. The molecular weight excluding hydrogens is 416 g/mol. The average molecular weight is 441 g/mol. The summed E-state index contributed by atoms with van der Waals surface area (Å²) in [6.07, 6.45) is 9.51. The van der Waals surface area contributed by atoms with Crippen molar-refractivity contribution in [3.8, 4) is 17.2 Å². The topological polar surface area (TPSA) is 94.8 Å². The first-order valence-electron chi connectivity index (χ1n) is 10.9. The molecule has 0 spiro atoms. The van der Waals surface area contributed by atoms with E-state index in [2.05, 4.69) is 38.6 Å². The summed E-state index contributed by atoms with van der Waals surface area (Å²) >= 11 is 0. The van der Waals surface area contributed by atoms with E-state index in [1.807, 2.05) is 24.4 Å². The van der Waals surface area contributed by atoms with Gasteiger partial charge < -0.3 is 10.1 Å². The first kappa shape index (κ1) is 21.0. The third kappa shape index (κ3) is 4.25. The van der Waals surface area contributed by atoms with Crippen LogP contribution in [0.2, 0.25) is 0 Å². The van der Waals surface area contributed by atoms with E-state index < -0.39 is 0 Å². The molecule has 166 valence electrons. The summed E-state index contributed by atoms with van der Waals surface area (Å²) in [5.74, 6) is 0.215. The molecule has 0 saturated heterocycles. The number of nitrogens with zero attached hydrogens (tertiary/aromatic N) is 5. The Balaban J connectivity index is 1.41. The molecule has 0 fully saturated rings. The van der Waals surface area contributed by atoms with Gasteiger partial charge in [0, 0.05) is 37.8 Å². The van der Waals surface area contributed by atoms with E-state index in [4.69, 9.17) is 9.72 Å². The fourth-order valence-electron chi connectivity index (χ4n) is 4.13. The van der Waals surface area contributed by atoms with Gasteiger partial charge in [-0.05, 0) is 42.0 Å². The number of nitrogens with one attached hydrogen (secondary N) is 1. The predicted molar refractivity (Wildman–Crippen MR) is 123 cm³/mol. The second-order valence-corrected chi connectivity index (χ2v) is 7.92. The van der Waals surface area contributed by atoms with Crippen LogP contribution in [0.5, 0.6) is 0 Å². The largest absolute Gasteiger partial charge is 0.378 e. The van der Waals surface area contributed by atoms with Crippen molar-refractivity contribution in [2.24, 2.45) is 0 Å². The smallest absolute Gasteiger partial charge is 0.254 e.